The van der Waals surface area contributed by atoms with Crippen LogP contribution in [0.25, 0.3) is 0 Å². The molecule has 3 rings (SSSR count). The Kier molecular flexibility index (Phi) is 6.37. The molecule has 11 heteroatoms. The van der Waals surface area contributed by atoms with E-state index in [1.807, 2.05) is 0 Å². The minimum atomic E-state index is -3.92. The first-order chi connectivity index (χ1) is 13.6. The lowest BCUT2D eigenvalue weighted by molar-refractivity contribution is 0.0965. The Balaban J connectivity index is 1.60. The molecule has 1 N–H and O–H groups in total. The summed E-state index contributed by atoms with van der Waals surface area (Å²) in [4.78, 5) is 16.2. The molecule has 2 heterocycles. The third-order valence-corrected chi connectivity index (χ3v) is 8.12. The van der Waals surface area contributed by atoms with Crippen LogP contribution in [0.15, 0.2) is 41.4 Å². The highest BCUT2D eigenvalue weighted by Crippen LogP contribution is 2.23. The average molecular weight is 461 g/mol. The van der Waals surface area contributed by atoms with Gasteiger partial charge in [-0.2, -0.15) is 0 Å². The van der Waals surface area contributed by atoms with Crippen molar-refractivity contribution in [3.05, 3.63) is 58.6 Å². The van der Waals surface area contributed by atoms with Gasteiger partial charge in [0.2, 0.25) is 10.0 Å². The van der Waals surface area contributed by atoms with E-state index in [1.54, 1.807) is 0 Å². The van der Waals surface area contributed by atoms with Gasteiger partial charge in [0.25, 0.3) is 0 Å². The quantitative estimate of drug-likeness (QED) is 0.635. The lowest BCUT2D eigenvalue weighted by Gasteiger charge is -2.09. The van der Waals surface area contributed by atoms with E-state index in [2.05, 4.69) is 9.71 Å². The van der Waals surface area contributed by atoms with Crippen LogP contribution in [0.5, 0.6) is 0 Å². The summed E-state index contributed by atoms with van der Waals surface area (Å²) in [5.74, 6) is -0.960. The second-order valence-electron chi connectivity index (χ2n) is 6.84. The molecular weight excluding hydrogens is 443 g/mol. The first kappa shape index (κ1) is 21.8. The molecule has 0 radical (unpaired) electrons. The molecule has 0 saturated carbocycles. The summed E-state index contributed by atoms with van der Waals surface area (Å²) >= 11 is 5.62. The number of sulfone groups is 1. The van der Waals surface area contributed by atoms with Crippen LogP contribution in [0.2, 0.25) is 5.02 Å². The number of halogens is 2. The molecule has 1 saturated heterocycles. The molecule has 1 aliphatic heterocycles. The molecule has 156 valence electrons. The molecule has 0 amide bonds. The van der Waals surface area contributed by atoms with E-state index in [9.17, 15) is 26.0 Å². The van der Waals surface area contributed by atoms with E-state index in [0.29, 0.717) is 17.7 Å². The van der Waals surface area contributed by atoms with Crippen molar-refractivity contribution < 1.29 is 26.0 Å². The minimum absolute atomic E-state index is 0.0272. The maximum Gasteiger partial charge on any atom is 0.240 e. The fraction of sp³-hybridized carbons (Fsp3) is 0.333. The van der Waals surface area contributed by atoms with Gasteiger partial charge in [0.15, 0.2) is 15.6 Å². The topological polar surface area (TPSA) is 110 Å². The predicted octanol–water partition coefficient (Wildman–Crippen LogP) is 2.36. The standard InChI is InChI=1S/C18H18ClFN2O5S2/c19-16-8-15(3-4-17(16)20)29(26,27)22-10-14-2-1-13(9-21-14)18(23)7-12-5-6-28(24,25)11-12/h1-4,8-9,12,22H,5-7,10-11H2. The number of carbonyl (C=O) groups excluding carboxylic acids is 1. The van der Waals surface area contributed by atoms with E-state index < -0.39 is 25.7 Å². The summed E-state index contributed by atoms with van der Waals surface area (Å²) in [7, 11) is -6.96. The number of Topliss-reactive ketones (excluding diaryl/α,β-unsaturated/α-hetero) is 1. The third-order valence-electron chi connectivity index (χ3n) is 4.59. The fourth-order valence-electron chi connectivity index (χ4n) is 3.00. The van der Waals surface area contributed by atoms with Crippen molar-refractivity contribution >= 4 is 37.2 Å². The van der Waals surface area contributed by atoms with E-state index in [1.165, 1.54) is 18.3 Å². The number of hydrogen-bond acceptors (Lipinski definition) is 6. The average Bonchev–Trinajstić information content (AvgIpc) is 3.01. The lowest BCUT2D eigenvalue weighted by Crippen LogP contribution is -2.23. The van der Waals surface area contributed by atoms with Gasteiger partial charge in [0, 0.05) is 18.2 Å². The van der Waals surface area contributed by atoms with Crippen LogP contribution >= 0.6 is 11.6 Å². The van der Waals surface area contributed by atoms with Crippen molar-refractivity contribution in [1.82, 2.24) is 9.71 Å². The molecule has 1 aliphatic rings. The monoisotopic (exact) mass is 460 g/mol. The Morgan fingerprint density at radius 1 is 1.28 bits per heavy atom. The second-order valence-corrected chi connectivity index (χ2v) is 11.2. The first-order valence-corrected chi connectivity index (χ1v) is 12.4. The summed E-state index contributed by atoms with van der Waals surface area (Å²) in [5.41, 5.74) is 0.716. The maximum absolute atomic E-state index is 13.2. The number of aromatic nitrogens is 1. The summed E-state index contributed by atoms with van der Waals surface area (Å²) in [6.07, 6.45) is 1.96. The van der Waals surface area contributed by atoms with Crippen LogP contribution in [-0.2, 0) is 26.4 Å². The van der Waals surface area contributed by atoms with Crippen molar-refractivity contribution in [2.24, 2.45) is 5.92 Å². The Bertz CT molecular complexity index is 1140. The van der Waals surface area contributed by atoms with E-state index >= 15 is 0 Å². The predicted molar refractivity (Wildman–Crippen MR) is 105 cm³/mol. The number of hydrogen-bond donors (Lipinski definition) is 1. The molecule has 1 fully saturated rings. The zero-order valence-corrected chi connectivity index (χ0v) is 17.5. The second kappa shape index (κ2) is 8.47. The Labute approximate surface area is 173 Å². The van der Waals surface area contributed by atoms with Gasteiger partial charge in [-0.1, -0.05) is 11.6 Å². The van der Waals surface area contributed by atoms with E-state index in [0.717, 1.165) is 18.2 Å². The van der Waals surface area contributed by atoms with Crippen molar-refractivity contribution in [2.75, 3.05) is 11.5 Å². The Hall–Kier alpha value is -1.88. The van der Waals surface area contributed by atoms with Crippen LogP contribution in [0.4, 0.5) is 4.39 Å². The molecule has 0 aliphatic carbocycles. The number of nitrogens with one attached hydrogen (secondary N) is 1. The summed E-state index contributed by atoms with van der Waals surface area (Å²) in [6.45, 7) is -0.132. The minimum Gasteiger partial charge on any atom is -0.294 e. The van der Waals surface area contributed by atoms with Gasteiger partial charge in [-0.05, 0) is 42.7 Å². The van der Waals surface area contributed by atoms with E-state index in [4.69, 9.17) is 11.6 Å². The molecule has 29 heavy (non-hydrogen) atoms. The Morgan fingerprint density at radius 3 is 2.62 bits per heavy atom. The van der Waals surface area contributed by atoms with Crippen molar-refractivity contribution in [2.45, 2.75) is 24.3 Å². The van der Waals surface area contributed by atoms with Gasteiger partial charge < -0.3 is 0 Å². The molecule has 0 spiro atoms. The van der Waals surface area contributed by atoms with Crippen molar-refractivity contribution in [3.63, 3.8) is 0 Å². The summed E-state index contributed by atoms with van der Waals surface area (Å²) in [5, 5.41) is -0.302. The van der Waals surface area contributed by atoms with Crippen LogP contribution in [0.1, 0.15) is 28.9 Å². The zero-order valence-electron chi connectivity index (χ0n) is 15.1. The van der Waals surface area contributed by atoms with Crippen LogP contribution in [0, 0.1) is 11.7 Å². The highest BCUT2D eigenvalue weighted by molar-refractivity contribution is 7.91. The number of benzene rings is 1. The highest BCUT2D eigenvalue weighted by atomic mass is 35.5. The smallest absolute Gasteiger partial charge is 0.240 e. The van der Waals surface area contributed by atoms with Crippen molar-refractivity contribution in [1.29, 1.82) is 0 Å². The molecule has 1 aromatic heterocycles. The number of carbonyl (C=O) groups is 1. The number of pyridine rings is 1. The zero-order chi connectivity index (χ0) is 21.2. The van der Waals surface area contributed by atoms with Crippen LogP contribution in [-0.4, -0.2) is 39.1 Å². The third kappa shape index (κ3) is 5.59. The summed E-state index contributed by atoms with van der Waals surface area (Å²) in [6, 6.07) is 6.11. The highest BCUT2D eigenvalue weighted by Gasteiger charge is 2.29. The van der Waals surface area contributed by atoms with Crippen molar-refractivity contribution in [3.8, 4) is 0 Å². The lowest BCUT2D eigenvalue weighted by atomic mass is 9.99. The molecular formula is C18H18ClFN2O5S2. The van der Waals surface area contributed by atoms with Crippen LogP contribution < -0.4 is 4.72 Å². The SMILES string of the molecule is O=C(CC1CCS(=O)(=O)C1)c1ccc(CNS(=O)(=O)c2ccc(F)c(Cl)c2)nc1. The first-order valence-electron chi connectivity index (χ1n) is 8.69. The maximum atomic E-state index is 13.2. The molecule has 1 unspecified atom stereocenters. The number of ketones is 1. The van der Waals surface area contributed by atoms with Gasteiger partial charge in [-0.3, -0.25) is 9.78 Å². The number of sulfonamides is 1. The Morgan fingerprint density at radius 2 is 2.03 bits per heavy atom. The fourth-order valence-corrected chi connectivity index (χ4v) is 6.14. The molecule has 7 nitrogen and oxygen atoms in total. The van der Waals surface area contributed by atoms with Gasteiger partial charge >= 0.3 is 0 Å². The van der Waals surface area contributed by atoms with Gasteiger partial charge in [-0.15, -0.1) is 0 Å². The van der Waals surface area contributed by atoms with Gasteiger partial charge in [0.1, 0.15) is 5.82 Å². The summed E-state index contributed by atoms with van der Waals surface area (Å²) < 4.78 is 63.0. The number of rotatable bonds is 7. The largest absolute Gasteiger partial charge is 0.294 e. The van der Waals surface area contributed by atoms with Gasteiger partial charge in [-0.25, -0.2) is 25.9 Å². The van der Waals surface area contributed by atoms with E-state index in [-0.39, 0.29) is 46.1 Å². The molecule has 1 aromatic carbocycles. The molecule has 2 aromatic rings. The molecule has 1 atom stereocenters. The molecule has 0 bridgehead atoms. The van der Waals surface area contributed by atoms with Crippen LogP contribution in [0.3, 0.4) is 0 Å². The normalized spacial score (nSPS) is 18.6. The number of nitrogens with zero attached hydrogens (tertiary/aromatic N) is 1. The van der Waals surface area contributed by atoms with Gasteiger partial charge in [0.05, 0.1) is 33.7 Å².